The van der Waals surface area contributed by atoms with Gasteiger partial charge in [-0.25, -0.2) is 8.42 Å². The molecule has 1 saturated heterocycles. The van der Waals surface area contributed by atoms with Crippen LogP contribution in [0.3, 0.4) is 0 Å². The van der Waals surface area contributed by atoms with Crippen LogP contribution >= 0.6 is 0 Å². The Morgan fingerprint density at radius 1 is 1.03 bits per heavy atom. The Balaban J connectivity index is 1.78. The van der Waals surface area contributed by atoms with Gasteiger partial charge in [0.1, 0.15) is 16.3 Å². The summed E-state index contributed by atoms with van der Waals surface area (Å²) in [4.78, 5) is 12.9. The highest BCUT2D eigenvalue weighted by Gasteiger charge is 2.28. The van der Waals surface area contributed by atoms with Crippen molar-refractivity contribution in [1.29, 1.82) is 0 Å². The number of morpholine rings is 1. The molecule has 0 unspecified atom stereocenters. The molecule has 1 aliphatic heterocycles. The van der Waals surface area contributed by atoms with Gasteiger partial charge in [-0.1, -0.05) is 0 Å². The van der Waals surface area contributed by atoms with Crippen LogP contribution in [0, 0.1) is 0 Å². The maximum atomic E-state index is 12.9. The van der Waals surface area contributed by atoms with E-state index < -0.39 is 15.9 Å². The van der Waals surface area contributed by atoms with Gasteiger partial charge in [-0.05, 0) is 12.1 Å². The molecule has 1 fully saturated rings. The van der Waals surface area contributed by atoms with Crippen LogP contribution in [0.15, 0.2) is 29.3 Å². The van der Waals surface area contributed by atoms with Crippen LogP contribution in [0.1, 0.15) is 16.1 Å². The van der Waals surface area contributed by atoms with Gasteiger partial charge in [0, 0.05) is 44.5 Å². The fourth-order valence-electron chi connectivity index (χ4n) is 3.33. The van der Waals surface area contributed by atoms with Gasteiger partial charge < -0.3 is 28.8 Å². The summed E-state index contributed by atoms with van der Waals surface area (Å²) in [7, 11) is 2.51. The van der Waals surface area contributed by atoms with Crippen molar-refractivity contribution in [3.63, 3.8) is 0 Å². The van der Waals surface area contributed by atoms with Crippen LogP contribution < -0.4 is 19.5 Å². The molecular formula is C20H27N3O7S. The molecule has 11 heteroatoms. The van der Waals surface area contributed by atoms with E-state index in [2.05, 4.69) is 5.32 Å². The summed E-state index contributed by atoms with van der Waals surface area (Å²) in [6.07, 6.45) is 1.44. The number of sulfonamides is 1. The molecule has 3 rings (SSSR count). The molecule has 1 N–H and O–H groups in total. The molecule has 0 spiro atoms. The zero-order valence-corrected chi connectivity index (χ0v) is 18.8. The molecule has 10 nitrogen and oxygen atoms in total. The summed E-state index contributed by atoms with van der Waals surface area (Å²) < 4.78 is 49.7. The zero-order chi connectivity index (χ0) is 22.6. The Hall–Kier alpha value is -2.76. The average Bonchev–Trinajstić information content (AvgIpc) is 3.19. The molecule has 170 valence electrons. The SMILES string of the molecule is COc1cc(OC)c(OC)cc1CNC(=O)c1cc(S(=O)(=O)N2CCOCC2)cn1C. The number of aromatic nitrogens is 1. The number of nitrogens with zero attached hydrogens (tertiary/aromatic N) is 2. The molecule has 2 heterocycles. The first-order chi connectivity index (χ1) is 14.8. The third kappa shape index (κ3) is 4.78. The second kappa shape index (κ2) is 9.58. The largest absolute Gasteiger partial charge is 0.496 e. The second-order valence-electron chi connectivity index (χ2n) is 6.89. The monoisotopic (exact) mass is 453 g/mol. The molecule has 0 radical (unpaired) electrons. The molecular weight excluding hydrogens is 426 g/mol. The number of hydrogen-bond donors (Lipinski definition) is 1. The first-order valence-corrected chi connectivity index (χ1v) is 11.1. The normalized spacial score (nSPS) is 14.8. The Bertz CT molecular complexity index is 1040. The smallest absolute Gasteiger partial charge is 0.268 e. The average molecular weight is 454 g/mol. The summed E-state index contributed by atoms with van der Waals surface area (Å²) in [5, 5.41) is 2.80. The van der Waals surface area contributed by atoms with E-state index >= 15 is 0 Å². The lowest BCUT2D eigenvalue weighted by Gasteiger charge is -2.25. The number of ether oxygens (including phenoxy) is 4. The van der Waals surface area contributed by atoms with E-state index in [1.807, 2.05) is 0 Å². The summed E-state index contributed by atoms with van der Waals surface area (Å²) >= 11 is 0. The third-order valence-electron chi connectivity index (χ3n) is 5.05. The minimum absolute atomic E-state index is 0.0748. The maximum absolute atomic E-state index is 12.9. The summed E-state index contributed by atoms with van der Waals surface area (Å²) in [6.45, 7) is 1.44. The second-order valence-corrected chi connectivity index (χ2v) is 8.83. The van der Waals surface area contributed by atoms with Crippen molar-refractivity contribution in [3.05, 3.63) is 35.7 Å². The number of carbonyl (C=O) groups excluding carboxylic acids is 1. The van der Waals surface area contributed by atoms with Gasteiger partial charge in [-0.15, -0.1) is 0 Å². The molecule has 31 heavy (non-hydrogen) atoms. The van der Waals surface area contributed by atoms with E-state index in [4.69, 9.17) is 18.9 Å². The minimum atomic E-state index is -3.69. The molecule has 0 saturated carbocycles. The van der Waals surface area contributed by atoms with Gasteiger partial charge >= 0.3 is 0 Å². The van der Waals surface area contributed by atoms with Crippen LogP contribution in [0.4, 0.5) is 0 Å². The molecule has 1 aromatic heterocycles. The van der Waals surface area contributed by atoms with Crippen molar-refractivity contribution in [2.75, 3.05) is 47.6 Å². The van der Waals surface area contributed by atoms with Crippen molar-refractivity contribution >= 4 is 15.9 Å². The molecule has 2 aromatic rings. The minimum Gasteiger partial charge on any atom is -0.496 e. The predicted molar refractivity (Wildman–Crippen MR) is 112 cm³/mol. The van der Waals surface area contributed by atoms with Crippen LogP contribution in [0.5, 0.6) is 17.2 Å². The highest BCUT2D eigenvalue weighted by Crippen LogP contribution is 2.34. The highest BCUT2D eigenvalue weighted by atomic mass is 32.2. The molecule has 0 aliphatic carbocycles. The Kier molecular flexibility index (Phi) is 7.08. The number of hydrogen-bond acceptors (Lipinski definition) is 7. The quantitative estimate of drug-likeness (QED) is 0.635. The molecule has 0 bridgehead atoms. The standard InChI is InChI=1S/C20H27N3O7S/c1-22-13-15(31(25,26)23-5-7-30-8-6-23)10-16(22)20(24)21-12-14-9-18(28-3)19(29-4)11-17(14)27-2/h9-11,13H,5-8,12H2,1-4H3,(H,21,24). The van der Waals surface area contributed by atoms with Gasteiger partial charge in [-0.2, -0.15) is 4.31 Å². The number of carbonyl (C=O) groups is 1. The van der Waals surface area contributed by atoms with Gasteiger partial charge in [0.05, 0.1) is 34.5 Å². The fourth-order valence-corrected chi connectivity index (χ4v) is 4.81. The molecule has 1 aromatic carbocycles. The zero-order valence-electron chi connectivity index (χ0n) is 18.0. The topological polar surface area (TPSA) is 108 Å². The Morgan fingerprint density at radius 2 is 1.65 bits per heavy atom. The number of amides is 1. The van der Waals surface area contributed by atoms with E-state index in [1.165, 1.54) is 42.5 Å². The summed E-state index contributed by atoms with van der Waals surface area (Å²) in [5.41, 5.74) is 0.912. The number of aryl methyl sites for hydroxylation is 1. The first-order valence-electron chi connectivity index (χ1n) is 9.63. The van der Waals surface area contributed by atoms with Crippen LogP contribution in [0.25, 0.3) is 0 Å². The van der Waals surface area contributed by atoms with Crippen molar-refractivity contribution in [2.45, 2.75) is 11.4 Å². The van der Waals surface area contributed by atoms with Crippen molar-refractivity contribution < 1.29 is 32.2 Å². The number of nitrogens with one attached hydrogen (secondary N) is 1. The Morgan fingerprint density at radius 3 is 2.26 bits per heavy atom. The van der Waals surface area contributed by atoms with Crippen LogP contribution in [0.2, 0.25) is 0 Å². The van der Waals surface area contributed by atoms with E-state index in [-0.39, 0.29) is 30.2 Å². The number of benzene rings is 1. The van der Waals surface area contributed by atoms with Crippen LogP contribution in [-0.4, -0.2) is 70.8 Å². The summed E-state index contributed by atoms with van der Waals surface area (Å²) in [6, 6.07) is 4.78. The van der Waals surface area contributed by atoms with Gasteiger partial charge in [-0.3, -0.25) is 4.79 Å². The van der Waals surface area contributed by atoms with E-state index in [0.717, 1.165) is 0 Å². The lowest BCUT2D eigenvalue weighted by atomic mass is 10.1. The van der Waals surface area contributed by atoms with E-state index in [9.17, 15) is 13.2 Å². The lowest BCUT2D eigenvalue weighted by molar-refractivity contribution is 0.0730. The molecule has 0 atom stereocenters. The predicted octanol–water partition coefficient (Wildman–Crippen LogP) is 1.00. The van der Waals surface area contributed by atoms with Crippen LogP contribution in [-0.2, 0) is 28.4 Å². The Labute approximate surface area is 181 Å². The number of methoxy groups -OCH3 is 3. The maximum Gasteiger partial charge on any atom is 0.268 e. The van der Waals surface area contributed by atoms with Crippen molar-refractivity contribution in [1.82, 2.24) is 14.2 Å². The van der Waals surface area contributed by atoms with E-state index in [1.54, 1.807) is 19.2 Å². The molecule has 1 aliphatic rings. The van der Waals surface area contributed by atoms with Crippen molar-refractivity contribution in [3.8, 4) is 17.2 Å². The van der Waals surface area contributed by atoms with Gasteiger partial charge in [0.25, 0.3) is 5.91 Å². The first kappa shape index (κ1) is 22.9. The summed E-state index contributed by atoms with van der Waals surface area (Å²) in [5.74, 6) is 1.13. The lowest BCUT2D eigenvalue weighted by Crippen LogP contribution is -2.40. The fraction of sp³-hybridized carbons (Fsp3) is 0.450. The highest BCUT2D eigenvalue weighted by molar-refractivity contribution is 7.89. The van der Waals surface area contributed by atoms with Gasteiger partial charge in [0.2, 0.25) is 10.0 Å². The van der Waals surface area contributed by atoms with E-state index in [0.29, 0.717) is 36.0 Å². The molecule has 1 amide bonds. The van der Waals surface area contributed by atoms with Gasteiger partial charge in [0.15, 0.2) is 11.5 Å². The number of rotatable bonds is 8. The van der Waals surface area contributed by atoms with Crippen molar-refractivity contribution in [2.24, 2.45) is 7.05 Å². The third-order valence-corrected chi connectivity index (χ3v) is 6.91.